The molecule has 0 bridgehead atoms. The predicted molar refractivity (Wildman–Crippen MR) is 79.4 cm³/mol. The summed E-state index contributed by atoms with van der Waals surface area (Å²) >= 11 is 1.46. The lowest BCUT2D eigenvalue weighted by atomic mass is 9.96. The van der Waals surface area contributed by atoms with E-state index < -0.39 is 5.60 Å². The maximum absolute atomic E-state index is 12.2. The lowest BCUT2D eigenvalue weighted by molar-refractivity contribution is 0.0545. The van der Waals surface area contributed by atoms with Gasteiger partial charge < -0.3 is 14.9 Å². The van der Waals surface area contributed by atoms with Gasteiger partial charge in [0.25, 0.3) is 5.91 Å². The summed E-state index contributed by atoms with van der Waals surface area (Å²) in [6.45, 7) is 1.83. The van der Waals surface area contributed by atoms with Crippen LogP contribution in [0.2, 0.25) is 0 Å². The topological polar surface area (TPSA) is 75.4 Å². The number of nitrogens with one attached hydrogen (secondary N) is 1. The molecule has 2 aromatic rings. The van der Waals surface area contributed by atoms with Crippen LogP contribution in [-0.2, 0) is 18.4 Å². The molecule has 0 saturated heterocycles. The molecule has 0 radical (unpaired) electrons. The number of carbonyl (C=O) groups is 1. The molecule has 2 heterocycles. The van der Waals surface area contributed by atoms with Crippen molar-refractivity contribution in [2.75, 3.05) is 6.54 Å². The number of aliphatic hydroxyl groups is 1. The highest BCUT2D eigenvalue weighted by molar-refractivity contribution is 7.10. The Hall–Kier alpha value is -1.66. The average Bonchev–Trinajstić information content (AvgIpc) is 3.14. The Morgan fingerprint density at radius 1 is 1.52 bits per heavy atom. The summed E-state index contributed by atoms with van der Waals surface area (Å²) in [7, 11) is 0. The number of hydrogen-bond donors (Lipinski definition) is 2. The van der Waals surface area contributed by atoms with E-state index in [0.717, 1.165) is 41.8 Å². The molecule has 1 atom stereocenters. The van der Waals surface area contributed by atoms with Crippen LogP contribution >= 0.6 is 11.3 Å². The monoisotopic (exact) mass is 306 g/mol. The highest BCUT2D eigenvalue weighted by atomic mass is 32.1. The number of rotatable bonds is 4. The molecular formula is C15H18N2O3S. The van der Waals surface area contributed by atoms with Crippen molar-refractivity contribution >= 4 is 17.2 Å². The molecule has 5 nitrogen and oxygen atoms in total. The Labute approximate surface area is 127 Å². The summed E-state index contributed by atoms with van der Waals surface area (Å²) in [6.07, 6.45) is 3.86. The molecule has 0 aliphatic heterocycles. The zero-order chi connectivity index (χ0) is 14.9. The van der Waals surface area contributed by atoms with Crippen LogP contribution in [0.3, 0.4) is 0 Å². The van der Waals surface area contributed by atoms with Gasteiger partial charge in [0.15, 0.2) is 0 Å². The third-order valence-electron chi connectivity index (χ3n) is 3.81. The largest absolute Gasteiger partial charge is 0.383 e. The quantitative estimate of drug-likeness (QED) is 0.908. The Morgan fingerprint density at radius 2 is 2.33 bits per heavy atom. The fraction of sp³-hybridized carbons (Fsp3) is 0.467. The molecule has 3 rings (SSSR count). The predicted octanol–water partition coefficient (Wildman–Crippen LogP) is 2.25. The molecular weight excluding hydrogens is 288 g/mol. The number of carbonyl (C=O) groups excluding carboxylic acids is 1. The smallest absolute Gasteiger partial charge is 0.290 e. The molecule has 2 N–H and O–H groups in total. The van der Waals surface area contributed by atoms with E-state index in [4.69, 9.17) is 4.52 Å². The number of fused-ring (bicyclic) bond motifs is 1. The Kier molecular flexibility index (Phi) is 3.82. The first-order valence-electron chi connectivity index (χ1n) is 7.10. The molecule has 1 aliphatic carbocycles. The molecule has 112 valence electrons. The zero-order valence-electron chi connectivity index (χ0n) is 11.9. The van der Waals surface area contributed by atoms with Crippen molar-refractivity contribution in [1.29, 1.82) is 0 Å². The first-order valence-corrected chi connectivity index (χ1v) is 7.98. The van der Waals surface area contributed by atoms with Gasteiger partial charge in [-0.05, 0) is 44.1 Å². The van der Waals surface area contributed by atoms with Gasteiger partial charge in [0.1, 0.15) is 5.60 Å². The highest BCUT2D eigenvalue weighted by Gasteiger charge is 2.28. The molecule has 1 unspecified atom stereocenters. The molecule has 0 spiro atoms. The van der Waals surface area contributed by atoms with E-state index in [0.29, 0.717) is 5.76 Å². The lowest BCUT2D eigenvalue weighted by Gasteiger charge is -2.22. The molecule has 1 aliphatic rings. The van der Waals surface area contributed by atoms with E-state index in [1.807, 2.05) is 17.5 Å². The minimum atomic E-state index is -1.08. The summed E-state index contributed by atoms with van der Waals surface area (Å²) in [4.78, 5) is 13.1. The van der Waals surface area contributed by atoms with Crippen molar-refractivity contribution in [3.05, 3.63) is 39.4 Å². The van der Waals surface area contributed by atoms with Crippen molar-refractivity contribution in [1.82, 2.24) is 10.5 Å². The second-order valence-electron chi connectivity index (χ2n) is 5.58. The van der Waals surface area contributed by atoms with E-state index >= 15 is 0 Å². The van der Waals surface area contributed by atoms with Crippen LogP contribution in [0.5, 0.6) is 0 Å². The van der Waals surface area contributed by atoms with Gasteiger partial charge in [0.05, 0.1) is 12.2 Å². The minimum absolute atomic E-state index is 0.141. The van der Waals surface area contributed by atoms with Crippen LogP contribution in [0, 0.1) is 0 Å². The summed E-state index contributed by atoms with van der Waals surface area (Å²) in [5.41, 5.74) is 0.745. The van der Waals surface area contributed by atoms with Gasteiger partial charge in [-0.2, -0.15) is 0 Å². The highest BCUT2D eigenvalue weighted by Crippen LogP contribution is 2.26. The zero-order valence-corrected chi connectivity index (χ0v) is 12.7. The number of aromatic nitrogens is 1. The van der Waals surface area contributed by atoms with Crippen LogP contribution in [0.15, 0.2) is 22.0 Å². The van der Waals surface area contributed by atoms with Crippen LogP contribution in [0.1, 0.15) is 46.5 Å². The summed E-state index contributed by atoms with van der Waals surface area (Å²) < 4.78 is 5.19. The fourth-order valence-electron chi connectivity index (χ4n) is 2.57. The van der Waals surface area contributed by atoms with Gasteiger partial charge in [-0.3, -0.25) is 4.79 Å². The van der Waals surface area contributed by atoms with Gasteiger partial charge >= 0.3 is 0 Å². The van der Waals surface area contributed by atoms with Crippen LogP contribution in [-0.4, -0.2) is 22.7 Å². The second-order valence-corrected chi connectivity index (χ2v) is 6.53. The first kappa shape index (κ1) is 14.3. The second kappa shape index (κ2) is 5.61. The van der Waals surface area contributed by atoms with Gasteiger partial charge in [-0.15, -0.1) is 11.3 Å². The third kappa shape index (κ3) is 2.87. The van der Waals surface area contributed by atoms with Crippen molar-refractivity contribution < 1.29 is 14.4 Å². The van der Waals surface area contributed by atoms with Crippen LogP contribution in [0.4, 0.5) is 0 Å². The fourth-order valence-corrected chi connectivity index (χ4v) is 3.36. The first-order chi connectivity index (χ1) is 10.1. The summed E-state index contributed by atoms with van der Waals surface area (Å²) in [5.74, 6) is -0.00541. The lowest BCUT2D eigenvalue weighted by Crippen LogP contribution is -2.38. The Bertz CT molecular complexity index is 631. The summed E-state index contributed by atoms with van der Waals surface area (Å²) in [5, 5.41) is 19.0. The number of nitrogens with zero attached hydrogens (tertiary/aromatic N) is 1. The number of amides is 1. The van der Waals surface area contributed by atoms with Crippen molar-refractivity contribution in [2.24, 2.45) is 0 Å². The van der Waals surface area contributed by atoms with Gasteiger partial charge in [0, 0.05) is 10.4 Å². The van der Waals surface area contributed by atoms with Gasteiger partial charge in [-0.1, -0.05) is 11.2 Å². The van der Waals surface area contributed by atoms with Crippen molar-refractivity contribution in [3.8, 4) is 0 Å². The van der Waals surface area contributed by atoms with E-state index in [2.05, 4.69) is 10.5 Å². The van der Waals surface area contributed by atoms with Crippen LogP contribution in [0.25, 0.3) is 0 Å². The number of aryl methyl sites for hydroxylation is 1. The van der Waals surface area contributed by atoms with E-state index in [1.54, 1.807) is 6.92 Å². The van der Waals surface area contributed by atoms with Gasteiger partial charge in [0.2, 0.25) is 5.76 Å². The molecule has 0 fully saturated rings. The third-order valence-corrected chi connectivity index (χ3v) is 4.93. The molecule has 1 amide bonds. The van der Waals surface area contributed by atoms with Gasteiger partial charge in [-0.25, -0.2) is 0 Å². The van der Waals surface area contributed by atoms with Crippen LogP contribution < -0.4 is 5.32 Å². The van der Waals surface area contributed by atoms with E-state index in [9.17, 15) is 9.90 Å². The summed E-state index contributed by atoms with van der Waals surface area (Å²) in [6, 6.07) is 3.73. The van der Waals surface area contributed by atoms with E-state index in [-0.39, 0.29) is 12.5 Å². The Balaban J connectivity index is 1.68. The standard InChI is InChI=1S/C15H18N2O3S/c1-15(19,12-7-4-8-21-12)9-16-14(18)13-10-5-2-3-6-11(10)17-20-13/h4,7-8,19H,2-3,5-6,9H2,1H3,(H,16,18). The molecule has 2 aromatic heterocycles. The maximum atomic E-state index is 12.2. The molecule has 0 saturated carbocycles. The van der Waals surface area contributed by atoms with Crippen molar-refractivity contribution in [2.45, 2.75) is 38.2 Å². The number of hydrogen-bond acceptors (Lipinski definition) is 5. The van der Waals surface area contributed by atoms with Crippen molar-refractivity contribution in [3.63, 3.8) is 0 Å². The molecule has 0 aromatic carbocycles. The Morgan fingerprint density at radius 3 is 3.10 bits per heavy atom. The molecule has 21 heavy (non-hydrogen) atoms. The SMILES string of the molecule is CC(O)(CNC(=O)c1onc2c1CCCC2)c1cccs1. The maximum Gasteiger partial charge on any atom is 0.290 e. The average molecular weight is 306 g/mol. The molecule has 6 heteroatoms. The normalized spacial score (nSPS) is 17.0. The number of thiophene rings is 1. The van der Waals surface area contributed by atoms with E-state index in [1.165, 1.54) is 11.3 Å². The minimum Gasteiger partial charge on any atom is -0.383 e.